The van der Waals surface area contributed by atoms with E-state index in [2.05, 4.69) is 22.9 Å². The minimum Gasteiger partial charge on any atom is -0.387 e. The van der Waals surface area contributed by atoms with Gasteiger partial charge in [-0.05, 0) is 44.3 Å². The molecule has 1 aliphatic rings. The molecular formula is C15H21N3O. The summed E-state index contributed by atoms with van der Waals surface area (Å²) in [5.74, 6) is 0. The van der Waals surface area contributed by atoms with Gasteiger partial charge in [-0.15, -0.1) is 0 Å². The van der Waals surface area contributed by atoms with Crippen molar-refractivity contribution in [2.75, 3.05) is 39.8 Å². The lowest BCUT2D eigenvalue weighted by molar-refractivity contribution is 0.115. The second-order valence-electron chi connectivity index (χ2n) is 5.21. The van der Waals surface area contributed by atoms with Crippen LogP contribution in [0.15, 0.2) is 24.3 Å². The molecule has 1 atom stereocenters. The lowest BCUT2D eigenvalue weighted by Crippen LogP contribution is -2.32. The molecule has 1 unspecified atom stereocenters. The molecule has 1 aromatic carbocycles. The number of hydrogen-bond acceptors (Lipinski definition) is 4. The summed E-state index contributed by atoms with van der Waals surface area (Å²) in [5, 5.41) is 19.0. The van der Waals surface area contributed by atoms with Crippen LogP contribution in [0.3, 0.4) is 0 Å². The zero-order valence-electron chi connectivity index (χ0n) is 11.4. The standard InChI is InChI=1S/C15H21N3O/c1-17-7-2-8-18(10-9-17)12-15(19)14-5-3-13(11-16)4-6-14/h3-6,15,19H,2,7-10,12H2,1H3. The molecule has 2 rings (SSSR count). The lowest BCUT2D eigenvalue weighted by Gasteiger charge is -2.23. The van der Waals surface area contributed by atoms with Crippen molar-refractivity contribution < 1.29 is 5.11 Å². The van der Waals surface area contributed by atoms with Gasteiger partial charge in [0.2, 0.25) is 0 Å². The highest BCUT2D eigenvalue weighted by Gasteiger charge is 2.16. The minimum absolute atomic E-state index is 0.476. The number of aliphatic hydroxyl groups is 1. The van der Waals surface area contributed by atoms with Gasteiger partial charge in [0.1, 0.15) is 0 Å². The van der Waals surface area contributed by atoms with Gasteiger partial charge in [-0.25, -0.2) is 0 Å². The highest BCUT2D eigenvalue weighted by molar-refractivity contribution is 5.32. The van der Waals surface area contributed by atoms with Gasteiger partial charge in [0, 0.05) is 19.6 Å². The number of aliphatic hydroxyl groups excluding tert-OH is 1. The normalized spacial score (nSPS) is 19.6. The summed E-state index contributed by atoms with van der Waals surface area (Å²) in [7, 11) is 2.14. The summed E-state index contributed by atoms with van der Waals surface area (Å²) >= 11 is 0. The number of nitriles is 1. The van der Waals surface area contributed by atoms with E-state index in [9.17, 15) is 5.11 Å². The smallest absolute Gasteiger partial charge is 0.0991 e. The van der Waals surface area contributed by atoms with Crippen LogP contribution >= 0.6 is 0 Å². The summed E-state index contributed by atoms with van der Waals surface area (Å²) in [6.07, 6.45) is 0.674. The maximum atomic E-state index is 10.3. The van der Waals surface area contributed by atoms with Crippen LogP contribution in [0.5, 0.6) is 0 Å². The highest BCUT2D eigenvalue weighted by atomic mass is 16.3. The summed E-state index contributed by atoms with van der Waals surface area (Å²) in [5.41, 5.74) is 1.52. The van der Waals surface area contributed by atoms with E-state index in [0.717, 1.165) is 38.2 Å². The topological polar surface area (TPSA) is 50.5 Å². The Labute approximate surface area is 114 Å². The number of rotatable bonds is 3. The molecule has 1 aromatic rings. The molecule has 1 aliphatic heterocycles. The quantitative estimate of drug-likeness (QED) is 0.887. The second kappa shape index (κ2) is 6.67. The largest absolute Gasteiger partial charge is 0.387 e. The van der Waals surface area contributed by atoms with Gasteiger partial charge < -0.3 is 10.0 Å². The van der Waals surface area contributed by atoms with Gasteiger partial charge in [0.05, 0.1) is 17.7 Å². The Morgan fingerprint density at radius 2 is 1.95 bits per heavy atom. The molecule has 1 N–H and O–H groups in total. The Balaban J connectivity index is 1.92. The van der Waals surface area contributed by atoms with Crippen molar-refractivity contribution in [1.82, 2.24) is 9.80 Å². The summed E-state index contributed by atoms with van der Waals surface area (Å²) in [6.45, 7) is 4.89. The van der Waals surface area contributed by atoms with E-state index in [1.807, 2.05) is 12.1 Å². The molecule has 0 saturated carbocycles. The molecule has 4 nitrogen and oxygen atoms in total. The number of likely N-dealkylation sites (N-methyl/N-ethyl adjacent to an activating group) is 1. The van der Waals surface area contributed by atoms with Crippen molar-refractivity contribution in [3.63, 3.8) is 0 Å². The summed E-state index contributed by atoms with van der Waals surface area (Å²) < 4.78 is 0. The Hall–Kier alpha value is -1.41. The Morgan fingerprint density at radius 1 is 1.21 bits per heavy atom. The van der Waals surface area contributed by atoms with Gasteiger partial charge in [0.15, 0.2) is 0 Å². The molecule has 0 spiro atoms. The Morgan fingerprint density at radius 3 is 2.63 bits per heavy atom. The average molecular weight is 259 g/mol. The molecular weight excluding hydrogens is 238 g/mol. The molecule has 0 radical (unpaired) electrons. The van der Waals surface area contributed by atoms with E-state index in [1.54, 1.807) is 12.1 Å². The van der Waals surface area contributed by atoms with Gasteiger partial charge >= 0.3 is 0 Å². The van der Waals surface area contributed by atoms with Gasteiger partial charge in [0.25, 0.3) is 0 Å². The molecule has 1 heterocycles. The van der Waals surface area contributed by atoms with Crippen LogP contribution in [-0.4, -0.2) is 54.7 Å². The molecule has 0 bridgehead atoms. The minimum atomic E-state index is -0.476. The second-order valence-corrected chi connectivity index (χ2v) is 5.21. The number of hydrogen-bond donors (Lipinski definition) is 1. The first kappa shape index (κ1) is 14.0. The fourth-order valence-corrected chi connectivity index (χ4v) is 2.41. The van der Waals surface area contributed by atoms with E-state index in [4.69, 9.17) is 5.26 Å². The molecule has 4 heteroatoms. The van der Waals surface area contributed by atoms with Crippen LogP contribution < -0.4 is 0 Å². The fourth-order valence-electron chi connectivity index (χ4n) is 2.41. The zero-order valence-corrected chi connectivity index (χ0v) is 11.4. The predicted molar refractivity (Wildman–Crippen MR) is 74.7 cm³/mol. The molecule has 1 saturated heterocycles. The van der Waals surface area contributed by atoms with Crippen LogP contribution in [0, 0.1) is 11.3 Å². The van der Waals surface area contributed by atoms with Crippen LogP contribution in [0.1, 0.15) is 23.7 Å². The third-order valence-corrected chi connectivity index (χ3v) is 3.67. The highest BCUT2D eigenvalue weighted by Crippen LogP contribution is 2.16. The van der Waals surface area contributed by atoms with Crippen LogP contribution in [0.2, 0.25) is 0 Å². The van der Waals surface area contributed by atoms with E-state index in [-0.39, 0.29) is 0 Å². The zero-order chi connectivity index (χ0) is 13.7. The van der Waals surface area contributed by atoms with Crippen molar-refractivity contribution in [2.24, 2.45) is 0 Å². The monoisotopic (exact) mass is 259 g/mol. The van der Waals surface area contributed by atoms with E-state index in [0.29, 0.717) is 12.1 Å². The van der Waals surface area contributed by atoms with Crippen molar-refractivity contribution in [3.8, 4) is 6.07 Å². The predicted octanol–water partition coefficient (Wildman–Crippen LogP) is 1.23. The Kier molecular flexibility index (Phi) is 4.92. The average Bonchev–Trinajstić information content (AvgIpc) is 2.64. The summed E-state index contributed by atoms with van der Waals surface area (Å²) in [6, 6.07) is 9.29. The van der Waals surface area contributed by atoms with E-state index >= 15 is 0 Å². The lowest BCUT2D eigenvalue weighted by atomic mass is 10.1. The van der Waals surface area contributed by atoms with Gasteiger partial charge in [-0.1, -0.05) is 12.1 Å². The maximum Gasteiger partial charge on any atom is 0.0991 e. The maximum absolute atomic E-state index is 10.3. The third kappa shape index (κ3) is 4.03. The van der Waals surface area contributed by atoms with Crippen molar-refractivity contribution in [1.29, 1.82) is 5.26 Å². The van der Waals surface area contributed by atoms with E-state index in [1.165, 1.54) is 0 Å². The molecule has 0 aliphatic carbocycles. The molecule has 19 heavy (non-hydrogen) atoms. The third-order valence-electron chi connectivity index (χ3n) is 3.67. The number of β-amino-alcohol motifs (C(OH)–C–C–N with tert-alkyl or cyclic N) is 1. The van der Waals surface area contributed by atoms with Crippen LogP contribution in [0.25, 0.3) is 0 Å². The molecule has 102 valence electrons. The van der Waals surface area contributed by atoms with Crippen molar-refractivity contribution >= 4 is 0 Å². The first-order valence-corrected chi connectivity index (χ1v) is 6.78. The molecule has 0 aromatic heterocycles. The number of benzene rings is 1. The SMILES string of the molecule is CN1CCCN(CC(O)c2ccc(C#N)cc2)CC1. The molecule has 1 fully saturated rings. The van der Waals surface area contributed by atoms with Gasteiger partial charge in [-0.3, -0.25) is 4.90 Å². The van der Waals surface area contributed by atoms with Crippen molar-refractivity contribution in [2.45, 2.75) is 12.5 Å². The first-order valence-electron chi connectivity index (χ1n) is 6.78. The first-order chi connectivity index (χ1) is 9.19. The van der Waals surface area contributed by atoms with Crippen LogP contribution in [-0.2, 0) is 0 Å². The Bertz CT molecular complexity index is 438. The van der Waals surface area contributed by atoms with Crippen LogP contribution in [0.4, 0.5) is 0 Å². The van der Waals surface area contributed by atoms with E-state index < -0.39 is 6.10 Å². The summed E-state index contributed by atoms with van der Waals surface area (Å²) in [4.78, 5) is 4.64. The van der Waals surface area contributed by atoms with Crippen molar-refractivity contribution in [3.05, 3.63) is 35.4 Å². The van der Waals surface area contributed by atoms with Gasteiger partial charge in [-0.2, -0.15) is 5.26 Å². The fraction of sp³-hybridized carbons (Fsp3) is 0.533. The molecule has 0 amide bonds. The number of nitrogens with zero attached hydrogens (tertiary/aromatic N) is 3.